The van der Waals surface area contributed by atoms with Crippen molar-refractivity contribution in [1.29, 1.82) is 0 Å². The van der Waals surface area contributed by atoms with Gasteiger partial charge in [0, 0.05) is 29.2 Å². The van der Waals surface area contributed by atoms with E-state index in [4.69, 9.17) is 0 Å². The first-order chi connectivity index (χ1) is 8.58. The minimum Gasteiger partial charge on any atom is -0.310 e. The summed E-state index contributed by atoms with van der Waals surface area (Å²) in [5.41, 5.74) is 1.18. The third kappa shape index (κ3) is 3.09. The molecule has 1 saturated carbocycles. The van der Waals surface area contributed by atoms with Gasteiger partial charge in [-0.3, -0.25) is 10.1 Å². The predicted octanol–water partition coefficient (Wildman–Crippen LogP) is 3.64. The number of benzene rings is 1. The van der Waals surface area contributed by atoms with Gasteiger partial charge in [0.2, 0.25) is 0 Å². The summed E-state index contributed by atoms with van der Waals surface area (Å²) in [5, 5.41) is 14.1. The van der Waals surface area contributed by atoms with E-state index in [2.05, 4.69) is 28.2 Å². The van der Waals surface area contributed by atoms with Crippen LogP contribution < -0.4 is 5.32 Å². The molecule has 5 heteroatoms. The van der Waals surface area contributed by atoms with Crippen molar-refractivity contribution < 1.29 is 4.92 Å². The van der Waals surface area contributed by atoms with Crippen LogP contribution >= 0.6 is 15.9 Å². The molecule has 1 aliphatic carbocycles. The first kappa shape index (κ1) is 13.5. The number of nitrogens with zero attached hydrogens (tertiary/aromatic N) is 1. The van der Waals surface area contributed by atoms with Gasteiger partial charge in [-0.2, -0.15) is 0 Å². The number of rotatable bonds is 5. The molecule has 0 radical (unpaired) electrons. The number of non-ortho nitro benzene ring substituents is 1. The summed E-state index contributed by atoms with van der Waals surface area (Å²) in [5.74, 6) is 0.793. The molecule has 0 amide bonds. The van der Waals surface area contributed by atoms with E-state index in [0.29, 0.717) is 6.04 Å². The van der Waals surface area contributed by atoms with E-state index in [1.807, 2.05) is 6.07 Å². The Morgan fingerprint density at radius 2 is 2.28 bits per heavy atom. The second kappa shape index (κ2) is 5.80. The molecule has 0 heterocycles. The van der Waals surface area contributed by atoms with Crippen molar-refractivity contribution in [2.45, 2.75) is 38.8 Å². The van der Waals surface area contributed by atoms with Crippen LogP contribution in [-0.2, 0) is 6.54 Å². The van der Waals surface area contributed by atoms with Crippen molar-refractivity contribution >= 4 is 21.6 Å². The second-order valence-electron chi connectivity index (χ2n) is 4.89. The lowest BCUT2D eigenvalue weighted by molar-refractivity contribution is -0.384. The first-order valence-corrected chi connectivity index (χ1v) is 7.03. The van der Waals surface area contributed by atoms with Crippen LogP contribution in [-0.4, -0.2) is 11.0 Å². The molecule has 1 aromatic rings. The van der Waals surface area contributed by atoms with Gasteiger partial charge in [-0.1, -0.05) is 22.4 Å². The van der Waals surface area contributed by atoms with Gasteiger partial charge in [-0.05, 0) is 37.3 Å². The molecule has 98 valence electrons. The lowest BCUT2D eigenvalue weighted by Crippen LogP contribution is -2.36. The maximum atomic E-state index is 10.6. The Morgan fingerprint density at radius 3 is 2.78 bits per heavy atom. The van der Waals surface area contributed by atoms with Crippen molar-refractivity contribution in [2.75, 3.05) is 0 Å². The molecule has 0 aromatic heterocycles. The summed E-state index contributed by atoms with van der Waals surface area (Å²) in [6.45, 7) is 2.96. The minimum absolute atomic E-state index is 0.123. The van der Waals surface area contributed by atoms with E-state index in [1.54, 1.807) is 12.1 Å². The zero-order valence-corrected chi connectivity index (χ0v) is 11.9. The van der Waals surface area contributed by atoms with Crippen LogP contribution in [0.1, 0.15) is 31.7 Å². The maximum absolute atomic E-state index is 10.6. The molecular weight excluding hydrogens is 296 g/mol. The Hall–Kier alpha value is -0.940. The summed E-state index contributed by atoms with van der Waals surface area (Å²) in [6.07, 6.45) is 3.98. The third-order valence-electron chi connectivity index (χ3n) is 3.72. The fraction of sp³-hybridized carbons (Fsp3) is 0.538. The van der Waals surface area contributed by atoms with Gasteiger partial charge < -0.3 is 5.32 Å². The quantitative estimate of drug-likeness (QED) is 0.667. The highest BCUT2D eigenvalue weighted by atomic mass is 79.9. The Bertz CT molecular complexity index is 447. The molecular formula is C13H17BrN2O2. The molecule has 0 saturated heterocycles. The molecule has 4 nitrogen and oxygen atoms in total. The highest BCUT2D eigenvalue weighted by molar-refractivity contribution is 9.10. The van der Waals surface area contributed by atoms with E-state index in [9.17, 15) is 10.1 Å². The maximum Gasteiger partial charge on any atom is 0.270 e. The van der Waals surface area contributed by atoms with Gasteiger partial charge in [0.1, 0.15) is 0 Å². The molecule has 1 atom stereocenters. The normalized spacial score (nSPS) is 17.2. The summed E-state index contributed by atoms with van der Waals surface area (Å²) in [6, 6.07) is 5.43. The van der Waals surface area contributed by atoms with E-state index < -0.39 is 0 Å². The smallest absolute Gasteiger partial charge is 0.270 e. The van der Waals surface area contributed by atoms with Crippen molar-refractivity contribution in [2.24, 2.45) is 5.92 Å². The van der Waals surface area contributed by atoms with Crippen LogP contribution in [0.4, 0.5) is 5.69 Å². The van der Waals surface area contributed by atoms with Gasteiger partial charge in [-0.15, -0.1) is 0 Å². The first-order valence-electron chi connectivity index (χ1n) is 6.24. The Morgan fingerprint density at radius 1 is 1.56 bits per heavy atom. The van der Waals surface area contributed by atoms with Crippen molar-refractivity contribution in [3.8, 4) is 0 Å². The highest BCUT2D eigenvalue weighted by Gasteiger charge is 2.23. The fourth-order valence-electron chi connectivity index (χ4n) is 2.17. The number of nitro groups is 1. The minimum atomic E-state index is -0.376. The van der Waals surface area contributed by atoms with Crippen molar-refractivity contribution in [3.63, 3.8) is 0 Å². The largest absolute Gasteiger partial charge is 0.310 e. The van der Waals surface area contributed by atoms with Crippen LogP contribution in [0, 0.1) is 16.0 Å². The number of nitrogens with one attached hydrogen (secondary N) is 1. The summed E-state index contributed by atoms with van der Waals surface area (Å²) < 4.78 is 0.796. The Kier molecular flexibility index (Phi) is 4.35. The molecule has 0 spiro atoms. The van der Waals surface area contributed by atoms with Gasteiger partial charge in [0.25, 0.3) is 5.69 Å². The summed E-state index contributed by atoms with van der Waals surface area (Å²) in [7, 11) is 0. The van der Waals surface area contributed by atoms with Crippen LogP contribution in [0.25, 0.3) is 0 Å². The molecule has 1 fully saturated rings. The predicted molar refractivity (Wildman–Crippen MR) is 74.4 cm³/mol. The topological polar surface area (TPSA) is 55.2 Å². The zero-order chi connectivity index (χ0) is 13.1. The molecule has 0 aliphatic heterocycles. The SMILES string of the molecule is CC(NCc1ccc([N+](=O)[O-])cc1Br)C1CCC1. The second-order valence-corrected chi connectivity index (χ2v) is 5.75. The monoisotopic (exact) mass is 312 g/mol. The van der Waals surface area contributed by atoms with Crippen molar-refractivity contribution in [1.82, 2.24) is 5.32 Å². The van der Waals surface area contributed by atoms with Gasteiger partial charge in [-0.25, -0.2) is 0 Å². The van der Waals surface area contributed by atoms with Gasteiger partial charge in [0.05, 0.1) is 4.92 Å². The Labute approximate surface area is 115 Å². The fourth-order valence-corrected chi connectivity index (χ4v) is 2.68. The molecule has 18 heavy (non-hydrogen) atoms. The molecule has 1 aliphatic rings. The summed E-state index contributed by atoms with van der Waals surface area (Å²) in [4.78, 5) is 10.3. The lowest BCUT2D eigenvalue weighted by Gasteiger charge is -2.32. The van der Waals surface area contributed by atoms with E-state index in [1.165, 1.54) is 19.3 Å². The van der Waals surface area contributed by atoms with E-state index in [-0.39, 0.29) is 10.6 Å². The van der Waals surface area contributed by atoms with Crippen LogP contribution in [0.15, 0.2) is 22.7 Å². The third-order valence-corrected chi connectivity index (χ3v) is 4.46. The zero-order valence-electron chi connectivity index (χ0n) is 10.4. The molecule has 1 aromatic carbocycles. The van der Waals surface area contributed by atoms with Crippen LogP contribution in [0.2, 0.25) is 0 Å². The molecule has 1 unspecified atom stereocenters. The van der Waals surface area contributed by atoms with Crippen LogP contribution in [0.3, 0.4) is 0 Å². The van der Waals surface area contributed by atoms with Crippen LogP contribution in [0.5, 0.6) is 0 Å². The molecule has 2 rings (SSSR count). The van der Waals surface area contributed by atoms with E-state index >= 15 is 0 Å². The Balaban J connectivity index is 1.94. The van der Waals surface area contributed by atoms with E-state index in [0.717, 1.165) is 22.5 Å². The lowest BCUT2D eigenvalue weighted by atomic mass is 9.80. The number of hydrogen-bond acceptors (Lipinski definition) is 3. The summed E-state index contributed by atoms with van der Waals surface area (Å²) >= 11 is 3.39. The average molecular weight is 313 g/mol. The highest BCUT2D eigenvalue weighted by Crippen LogP contribution is 2.30. The average Bonchev–Trinajstić information content (AvgIpc) is 2.24. The van der Waals surface area contributed by atoms with Gasteiger partial charge in [0.15, 0.2) is 0 Å². The standard InChI is InChI=1S/C13H17BrN2O2/c1-9(10-3-2-4-10)15-8-11-5-6-12(16(17)18)7-13(11)14/h5-7,9-10,15H,2-4,8H2,1H3. The number of nitro benzene ring substituents is 1. The number of hydrogen-bond donors (Lipinski definition) is 1. The van der Waals surface area contributed by atoms with Gasteiger partial charge >= 0.3 is 0 Å². The molecule has 0 bridgehead atoms. The number of halogens is 1. The van der Waals surface area contributed by atoms with Crippen molar-refractivity contribution in [3.05, 3.63) is 38.3 Å². The molecule has 1 N–H and O–H groups in total.